The molecule has 154 valence electrons. The lowest BCUT2D eigenvalue weighted by atomic mass is 9.93. The second-order valence-electron chi connectivity index (χ2n) is 7.86. The summed E-state index contributed by atoms with van der Waals surface area (Å²) < 4.78 is 2.06. The number of benzene rings is 3. The van der Waals surface area contributed by atoms with E-state index in [4.69, 9.17) is 5.73 Å². The number of amides is 2. The Morgan fingerprint density at radius 1 is 0.968 bits per heavy atom. The molecule has 5 rings (SSSR count). The molecule has 1 aromatic heterocycles. The zero-order valence-corrected chi connectivity index (χ0v) is 17.2. The maximum absolute atomic E-state index is 13.4. The number of rotatable bonds is 3. The Bertz CT molecular complexity index is 1310. The maximum atomic E-state index is 13.4. The normalized spacial score (nSPS) is 15.6. The molecule has 2 N–H and O–H groups in total. The van der Waals surface area contributed by atoms with Crippen LogP contribution in [0.15, 0.2) is 72.8 Å². The number of aromatic nitrogens is 2. The number of imidazole rings is 1. The van der Waals surface area contributed by atoms with Gasteiger partial charge in [-0.3, -0.25) is 14.2 Å². The first-order valence-corrected chi connectivity index (χ1v) is 10.2. The van der Waals surface area contributed by atoms with Crippen LogP contribution < -0.4 is 5.73 Å². The minimum absolute atomic E-state index is 0.216. The van der Waals surface area contributed by atoms with Gasteiger partial charge < -0.3 is 10.6 Å². The third-order valence-corrected chi connectivity index (χ3v) is 5.92. The van der Waals surface area contributed by atoms with Gasteiger partial charge in [0.25, 0.3) is 5.91 Å². The number of hydrogen-bond acceptors (Lipinski definition) is 3. The number of nitrogens with zero attached hydrogens (tertiary/aromatic N) is 3. The molecule has 1 atom stereocenters. The Labute approximate surface area is 179 Å². The van der Waals surface area contributed by atoms with Gasteiger partial charge in [0, 0.05) is 24.2 Å². The zero-order chi connectivity index (χ0) is 21.5. The topological polar surface area (TPSA) is 81.2 Å². The number of hydrogen-bond donors (Lipinski definition) is 1. The Kier molecular flexibility index (Phi) is 4.55. The van der Waals surface area contributed by atoms with Gasteiger partial charge in [0.1, 0.15) is 11.9 Å². The molecule has 0 aliphatic carbocycles. The highest BCUT2D eigenvalue weighted by atomic mass is 16.2. The number of primary amides is 1. The molecular formula is C25H22N4O2. The highest BCUT2D eigenvalue weighted by Crippen LogP contribution is 2.27. The first-order chi connectivity index (χ1) is 15.0. The number of carbonyl (C=O) groups is 2. The monoisotopic (exact) mass is 410 g/mol. The van der Waals surface area contributed by atoms with Crippen molar-refractivity contribution in [1.29, 1.82) is 0 Å². The van der Waals surface area contributed by atoms with Crippen molar-refractivity contribution in [2.45, 2.75) is 25.9 Å². The van der Waals surface area contributed by atoms with Crippen LogP contribution >= 0.6 is 0 Å². The van der Waals surface area contributed by atoms with Crippen molar-refractivity contribution in [3.63, 3.8) is 0 Å². The molecule has 1 aliphatic rings. The van der Waals surface area contributed by atoms with Crippen LogP contribution in [-0.4, -0.2) is 32.3 Å². The average molecular weight is 410 g/mol. The van der Waals surface area contributed by atoms with Crippen LogP contribution in [0, 0.1) is 6.92 Å². The van der Waals surface area contributed by atoms with Crippen LogP contribution in [0.1, 0.15) is 27.3 Å². The van der Waals surface area contributed by atoms with Gasteiger partial charge in [-0.2, -0.15) is 0 Å². The molecule has 0 radical (unpaired) electrons. The Morgan fingerprint density at radius 2 is 1.68 bits per heavy atom. The van der Waals surface area contributed by atoms with Crippen molar-refractivity contribution < 1.29 is 9.59 Å². The lowest BCUT2D eigenvalue weighted by Gasteiger charge is -2.35. The molecule has 3 aromatic carbocycles. The summed E-state index contributed by atoms with van der Waals surface area (Å²) in [7, 11) is 0. The van der Waals surface area contributed by atoms with Crippen molar-refractivity contribution in [3.05, 3.63) is 95.3 Å². The van der Waals surface area contributed by atoms with Crippen LogP contribution in [0.4, 0.5) is 0 Å². The molecule has 0 unspecified atom stereocenters. The molecule has 0 saturated heterocycles. The van der Waals surface area contributed by atoms with Crippen molar-refractivity contribution in [2.24, 2.45) is 5.73 Å². The molecule has 0 saturated carbocycles. The molecule has 6 nitrogen and oxygen atoms in total. The van der Waals surface area contributed by atoms with E-state index < -0.39 is 11.9 Å². The summed E-state index contributed by atoms with van der Waals surface area (Å²) in [5.41, 5.74) is 10.9. The summed E-state index contributed by atoms with van der Waals surface area (Å²) >= 11 is 0. The average Bonchev–Trinajstić information content (AvgIpc) is 3.13. The minimum atomic E-state index is -0.665. The lowest BCUT2D eigenvalue weighted by Crippen LogP contribution is -2.51. The molecule has 0 spiro atoms. The molecule has 1 aliphatic heterocycles. The molecular weight excluding hydrogens is 388 g/mol. The smallest absolute Gasteiger partial charge is 0.254 e. The molecule has 4 aromatic rings. The van der Waals surface area contributed by atoms with E-state index in [0.717, 1.165) is 33.7 Å². The van der Waals surface area contributed by atoms with Gasteiger partial charge in [-0.15, -0.1) is 0 Å². The quantitative estimate of drug-likeness (QED) is 0.562. The van der Waals surface area contributed by atoms with Gasteiger partial charge in [0.2, 0.25) is 5.91 Å². The van der Waals surface area contributed by atoms with Crippen LogP contribution in [0.2, 0.25) is 0 Å². The summed E-state index contributed by atoms with van der Waals surface area (Å²) in [5, 5.41) is 0. The van der Waals surface area contributed by atoms with Gasteiger partial charge in [-0.25, -0.2) is 4.98 Å². The van der Waals surface area contributed by atoms with Crippen molar-refractivity contribution >= 4 is 22.8 Å². The number of carbonyl (C=O) groups excluding carboxylic acids is 2. The predicted octanol–water partition coefficient (Wildman–Crippen LogP) is 3.39. The molecule has 6 heteroatoms. The zero-order valence-electron chi connectivity index (χ0n) is 17.2. The summed E-state index contributed by atoms with van der Waals surface area (Å²) in [5.74, 6) is 0.132. The minimum Gasteiger partial charge on any atom is -0.368 e. The van der Waals surface area contributed by atoms with E-state index in [-0.39, 0.29) is 5.91 Å². The Hall–Kier alpha value is -3.93. The van der Waals surface area contributed by atoms with Gasteiger partial charge in [0.15, 0.2) is 0 Å². The second kappa shape index (κ2) is 7.40. The fourth-order valence-corrected chi connectivity index (χ4v) is 4.39. The summed E-state index contributed by atoms with van der Waals surface area (Å²) in [6.45, 7) is 2.30. The first kappa shape index (κ1) is 19.1. The standard InChI is InChI=1S/C25H22N4O2/c1-16-27-21-13-18(11-12-22(21)29(16)20-9-3-2-4-10-20)25(31)28-15-19-8-6-5-7-17(19)14-23(28)24(26)30/h2-13,23H,14-15H2,1H3,(H2,26,30)/t23-/m1/s1. The van der Waals surface area contributed by atoms with Crippen LogP contribution in [0.25, 0.3) is 16.7 Å². The lowest BCUT2D eigenvalue weighted by molar-refractivity contribution is -0.122. The van der Waals surface area contributed by atoms with Gasteiger partial charge in [-0.05, 0) is 48.4 Å². The fourth-order valence-electron chi connectivity index (χ4n) is 4.39. The number of fused-ring (bicyclic) bond motifs is 2. The van der Waals surface area contributed by atoms with Crippen LogP contribution in [0.5, 0.6) is 0 Å². The molecule has 0 fully saturated rings. The number of aryl methyl sites for hydroxylation is 1. The van der Waals surface area contributed by atoms with Gasteiger partial charge >= 0.3 is 0 Å². The van der Waals surface area contributed by atoms with E-state index in [9.17, 15) is 9.59 Å². The Balaban J connectivity index is 1.53. The van der Waals surface area contributed by atoms with Crippen molar-refractivity contribution in [2.75, 3.05) is 0 Å². The van der Waals surface area contributed by atoms with E-state index in [2.05, 4.69) is 9.55 Å². The number of para-hydroxylation sites is 1. The van der Waals surface area contributed by atoms with Crippen molar-refractivity contribution in [3.8, 4) is 5.69 Å². The summed E-state index contributed by atoms with van der Waals surface area (Å²) in [6, 6.07) is 22.7. The number of nitrogens with two attached hydrogens (primary N) is 1. The highest BCUT2D eigenvalue weighted by Gasteiger charge is 2.34. The van der Waals surface area contributed by atoms with Gasteiger partial charge in [0.05, 0.1) is 11.0 Å². The Morgan fingerprint density at radius 3 is 2.42 bits per heavy atom. The van der Waals surface area contributed by atoms with Crippen LogP contribution in [-0.2, 0) is 17.8 Å². The van der Waals surface area contributed by atoms with Gasteiger partial charge in [-0.1, -0.05) is 42.5 Å². The SMILES string of the molecule is Cc1nc2cc(C(=O)N3Cc4ccccc4C[C@@H]3C(N)=O)ccc2n1-c1ccccc1. The van der Waals surface area contributed by atoms with Crippen LogP contribution in [0.3, 0.4) is 0 Å². The van der Waals surface area contributed by atoms with E-state index in [1.54, 1.807) is 17.0 Å². The summed E-state index contributed by atoms with van der Waals surface area (Å²) in [4.78, 5) is 31.8. The third-order valence-electron chi connectivity index (χ3n) is 5.92. The maximum Gasteiger partial charge on any atom is 0.254 e. The fraction of sp³-hybridized carbons (Fsp3) is 0.160. The molecule has 31 heavy (non-hydrogen) atoms. The summed E-state index contributed by atoms with van der Waals surface area (Å²) in [6.07, 6.45) is 0.432. The molecule has 0 bridgehead atoms. The molecule has 2 amide bonds. The van der Waals surface area contributed by atoms with E-state index in [0.29, 0.717) is 18.5 Å². The van der Waals surface area contributed by atoms with E-state index in [1.165, 1.54) is 0 Å². The van der Waals surface area contributed by atoms with Crippen molar-refractivity contribution in [1.82, 2.24) is 14.5 Å². The first-order valence-electron chi connectivity index (χ1n) is 10.2. The molecule has 2 heterocycles. The third kappa shape index (κ3) is 3.26. The van der Waals surface area contributed by atoms with E-state index in [1.807, 2.05) is 67.6 Å². The predicted molar refractivity (Wildman–Crippen MR) is 119 cm³/mol. The highest BCUT2D eigenvalue weighted by molar-refractivity contribution is 6.00. The van der Waals surface area contributed by atoms with E-state index >= 15 is 0 Å². The second-order valence-corrected chi connectivity index (χ2v) is 7.86. The largest absolute Gasteiger partial charge is 0.368 e.